The standard InChI is InChI=1S/C35H44ClN3O3/c1-23(2)42-33-21-31-26(19-32(33)41-6)20-34(40)39(35(31)25-9-11-27(36)12-10-25)30-17-15-29(16-18-30)38(5)22-24-7-13-28(14-8-24)37(3)4/h9-12,15-19,21,23-24,28,35H,7-8,13-14,20,22H2,1-6H3/t24-,28-,35-/m0/s1. The van der Waals surface area contributed by atoms with E-state index in [0.717, 1.165) is 28.9 Å². The van der Waals surface area contributed by atoms with Crippen LogP contribution in [0.5, 0.6) is 11.5 Å². The molecule has 1 saturated carbocycles. The second-order valence-corrected chi connectivity index (χ2v) is 12.7. The van der Waals surface area contributed by atoms with E-state index >= 15 is 0 Å². The summed E-state index contributed by atoms with van der Waals surface area (Å²) in [6, 6.07) is 20.6. The maximum absolute atomic E-state index is 13.8. The predicted octanol–water partition coefficient (Wildman–Crippen LogP) is 7.37. The van der Waals surface area contributed by atoms with Crippen molar-refractivity contribution in [3.05, 3.63) is 82.4 Å². The molecule has 1 aliphatic carbocycles. The molecule has 3 aromatic rings. The fourth-order valence-electron chi connectivity index (χ4n) is 6.53. The first kappa shape index (κ1) is 30.2. The Kier molecular flexibility index (Phi) is 9.34. The molecular weight excluding hydrogens is 546 g/mol. The first-order valence-corrected chi connectivity index (χ1v) is 15.4. The molecule has 0 saturated heterocycles. The number of fused-ring (bicyclic) bond motifs is 1. The zero-order chi connectivity index (χ0) is 30.0. The summed E-state index contributed by atoms with van der Waals surface area (Å²) < 4.78 is 11.8. The summed E-state index contributed by atoms with van der Waals surface area (Å²) in [5, 5.41) is 0.661. The van der Waals surface area contributed by atoms with Crippen LogP contribution in [0.2, 0.25) is 5.02 Å². The molecule has 224 valence electrons. The van der Waals surface area contributed by atoms with E-state index in [1.807, 2.05) is 55.1 Å². The number of halogens is 1. The van der Waals surface area contributed by atoms with Crippen molar-refractivity contribution in [3.63, 3.8) is 0 Å². The van der Waals surface area contributed by atoms with Gasteiger partial charge in [-0.05, 0) is 125 Å². The van der Waals surface area contributed by atoms with Crippen molar-refractivity contribution in [1.29, 1.82) is 0 Å². The largest absolute Gasteiger partial charge is 0.493 e. The first-order valence-electron chi connectivity index (χ1n) is 15.1. The normalized spacial score (nSPS) is 20.5. The number of amides is 1. The maximum Gasteiger partial charge on any atom is 0.232 e. The van der Waals surface area contributed by atoms with Crippen molar-refractivity contribution >= 4 is 28.9 Å². The third kappa shape index (κ3) is 6.55. The first-order chi connectivity index (χ1) is 20.1. The van der Waals surface area contributed by atoms with Crippen LogP contribution >= 0.6 is 11.6 Å². The number of methoxy groups -OCH3 is 1. The van der Waals surface area contributed by atoms with E-state index in [2.05, 4.69) is 55.2 Å². The van der Waals surface area contributed by atoms with Gasteiger partial charge in [0.05, 0.1) is 25.7 Å². The van der Waals surface area contributed by atoms with Gasteiger partial charge in [-0.3, -0.25) is 4.79 Å². The van der Waals surface area contributed by atoms with E-state index in [4.69, 9.17) is 21.1 Å². The monoisotopic (exact) mass is 589 g/mol. The third-order valence-electron chi connectivity index (χ3n) is 8.78. The second kappa shape index (κ2) is 13.0. The molecule has 6 nitrogen and oxygen atoms in total. The Morgan fingerprint density at radius 2 is 1.60 bits per heavy atom. The van der Waals surface area contributed by atoms with Crippen LogP contribution in [0.25, 0.3) is 0 Å². The Bertz CT molecular complexity index is 1370. The lowest BCUT2D eigenvalue weighted by Gasteiger charge is -2.38. The highest BCUT2D eigenvalue weighted by Crippen LogP contribution is 2.44. The summed E-state index contributed by atoms with van der Waals surface area (Å²) in [4.78, 5) is 20.5. The predicted molar refractivity (Wildman–Crippen MR) is 172 cm³/mol. The molecule has 3 aromatic carbocycles. The van der Waals surface area contributed by atoms with Gasteiger partial charge in [0.15, 0.2) is 11.5 Å². The van der Waals surface area contributed by atoms with Gasteiger partial charge in [0.1, 0.15) is 0 Å². The molecule has 0 spiro atoms. The lowest BCUT2D eigenvalue weighted by atomic mass is 9.85. The van der Waals surface area contributed by atoms with Gasteiger partial charge in [0.25, 0.3) is 0 Å². The molecule has 0 N–H and O–H groups in total. The Morgan fingerprint density at radius 3 is 2.19 bits per heavy atom. The van der Waals surface area contributed by atoms with Crippen molar-refractivity contribution in [2.45, 2.75) is 64.1 Å². The summed E-state index contributed by atoms with van der Waals surface area (Å²) in [5.74, 6) is 2.07. The quantitative estimate of drug-likeness (QED) is 0.261. The van der Waals surface area contributed by atoms with Crippen LogP contribution in [0, 0.1) is 5.92 Å². The van der Waals surface area contributed by atoms with Crippen LogP contribution in [0.3, 0.4) is 0 Å². The van der Waals surface area contributed by atoms with Crippen molar-refractivity contribution in [2.24, 2.45) is 5.92 Å². The Labute approximate surface area is 256 Å². The number of rotatable bonds is 9. The molecule has 7 heteroatoms. The van der Waals surface area contributed by atoms with Crippen LogP contribution in [-0.4, -0.2) is 57.8 Å². The smallest absolute Gasteiger partial charge is 0.232 e. The van der Waals surface area contributed by atoms with Crippen LogP contribution in [-0.2, 0) is 11.2 Å². The number of ether oxygens (including phenoxy) is 2. The summed E-state index contributed by atoms with van der Waals surface area (Å²) in [6.45, 7) is 5.04. The van der Waals surface area contributed by atoms with E-state index in [0.29, 0.717) is 28.5 Å². The van der Waals surface area contributed by atoms with Crippen LogP contribution < -0.4 is 19.3 Å². The minimum Gasteiger partial charge on any atom is -0.493 e. The summed E-state index contributed by atoms with van der Waals surface area (Å²) >= 11 is 6.27. The Balaban J connectivity index is 1.44. The second-order valence-electron chi connectivity index (χ2n) is 12.3. The average Bonchev–Trinajstić information content (AvgIpc) is 2.97. The molecule has 0 radical (unpaired) electrons. The molecule has 2 aliphatic rings. The molecule has 0 aromatic heterocycles. The topological polar surface area (TPSA) is 45.3 Å². The lowest BCUT2D eigenvalue weighted by Crippen LogP contribution is -2.41. The van der Waals surface area contributed by atoms with Gasteiger partial charge in [-0.2, -0.15) is 0 Å². The van der Waals surface area contributed by atoms with E-state index in [1.54, 1.807) is 7.11 Å². The molecule has 0 unspecified atom stereocenters. The molecule has 0 bridgehead atoms. The zero-order valence-electron chi connectivity index (χ0n) is 25.8. The molecule has 1 amide bonds. The van der Waals surface area contributed by atoms with Crippen LogP contribution in [0.4, 0.5) is 11.4 Å². The van der Waals surface area contributed by atoms with Crippen LogP contribution in [0.15, 0.2) is 60.7 Å². The van der Waals surface area contributed by atoms with Gasteiger partial charge in [0, 0.05) is 36.0 Å². The molecule has 42 heavy (non-hydrogen) atoms. The number of carbonyl (C=O) groups excluding carboxylic acids is 1. The summed E-state index contributed by atoms with van der Waals surface area (Å²) in [5.41, 5.74) is 5.01. The van der Waals surface area contributed by atoms with Crippen molar-refractivity contribution in [1.82, 2.24) is 4.90 Å². The van der Waals surface area contributed by atoms with E-state index in [-0.39, 0.29) is 24.5 Å². The van der Waals surface area contributed by atoms with E-state index in [9.17, 15) is 4.79 Å². The number of nitrogens with zero attached hydrogens (tertiary/aromatic N) is 3. The highest BCUT2D eigenvalue weighted by Gasteiger charge is 2.36. The minimum atomic E-state index is -0.325. The number of carbonyl (C=O) groups is 1. The molecule has 1 fully saturated rings. The molecule has 1 atom stereocenters. The maximum atomic E-state index is 13.8. The molecular formula is C35H44ClN3O3. The Morgan fingerprint density at radius 1 is 0.929 bits per heavy atom. The fraction of sp³-hybridized carbons (Fsp3) is 0.457. The van der Waals surface area contributed by atoms with Gasteiger partial charge in [-0.1, -0.05) is 23.7 Å². The zero-order valence-corrected chi connectivity index (χ0v) is 26.5. The van der Waals surface area contributed by atoms with Crippen molar-refractivity contribution in [3.8, 4) is 11.5 Å². The highest BCUT2D eigenvalue weighted by molar-refractivity contribution is 6.30. The van der Waals surface area contributed by atoms with Crippen molar-refractivity contribution < 1.29 is 14.3 Å². The summed E-state index contributed by atoms with van der Waals surface area (Å²) in [7, 11) is 8.19. The van der Waals surface area contributed by atoms with E-state index in [1.165, 1.54) is 31.4 Å². The number of hydrogen-bond acceptors (Lipinski definition) is 5. The molecule has 1 heterocycles. The Hall–Kier alpha value is -3.22. The van der Waals surface area contributed by atoms with Gasteiger partial charge in [-0.25, -0.2) is 0 Å². The molecule has 1 aliphatic heterocycles. The van der Waals surface area contributed by atoms with Gasteiger partial charge in [-0.15, -0.1) is 0 Å². The van der Waals surface area contributed by atoms with Gasteiger partial charge < -0.3 is 24.2 Å². The van der Waals surface area contributed by atoms with Gasteiger partial charge >= 0.3 is 0 Å². The average molecular weight is 590 g/mol. The SMILES string of the molecule is COc1cc2c(cc1OC(C)C)[C@H](c1ccc(Cl)cc1)N(c1ccc(N(C)C[C@H]3CC[C@H](N(C)C)CC3)cc1)C(=O)C2. The van der Waals surface area contributed by atoms with Crippen LogP contribution in [0.1, 0.15) is 62.3 Å². The number of anilines is 2. The molecule has 5 rings (SSSR count). The third-order valence-corrected chi connectivity index (χ3v) is 9.04. The fourth-order valence-corrected chi connectivity index (χ4v) is 6.66. The number of hydrogen-bond donors (Lipinski definition) is 0. The minimum absolute atomic E-state index is 0.0141. The summed E-state index contributed by atoms with van der Waals surface area (Å²) in [6.07, 6.45) is 5.34. The lowest BCUT2D eigenvalue weighted by molar-refractivity contribution is -0.118. The highest BCUT2D eigenvalue weighted by atomic mass is 35.5. The van der Waals surface area contributed by atoms with Gasteiger partial charge in [0.2, 0.25) is 5.91 Å². The van der Waals surface area contributed by atoms with E-state index < -0.39 is 0 Å². The van der Waals surface area contributed by atoms with Crippen molar-refractivity contribution in [2.75, 3.05) is 44.6 Å². The number of benzene rings is 3.